The van der Waals surface area contributed by atoms with Gasteiger partial charge in [0, 0.05) is 9.58 Å². The van der Waals surface area contributed by atoms with Crippen LogP contribution in [0.1, 0.15) is 17.8 Å². The summed E-state index contributed by atoms with van der Waals surface area (Å²) in [5.74, 6) is 0. The van der Waals surface area contributed by atoms with E-state index in [0.717, 1.165) is 9.94 Å². The van der Waals surface area contributed by atoms with E-state index in [1.807, 2.05) is 19.1 Å². The van der Waals surface area contributed by atoms with E-state index in [1.54, 1.807) is 11.3 Å². The normalized spacial score (nSPS) is 13.6. The molecule has 0 radical (unpaired) electrons. The fourth-order valence-corrected chi connectivity index (χ4v) is 2.64. The zero-order valence-corrected chi connectivity index (χ0v) is 9.37. The van der Waals surface area contributed by atoms with Crippen molar-refractivity contribution >= 4 is 21.4 Å². The molecule has 0 bridgehead atoms. The zero-order valence-electron chi connectivity index (χ0n) is 8.55. The summed E-state index contributed by atoms with van der Waals surface area (Å²) in [6.07, 6.45) is 0. The molecule has 0 unspecified atom stereocenters. The molecule has 1 atom stereocenters. The van der Waals surface area contributed by atoms with E-state index in [4.69, 9.17) is 5.73 Å². The third kappa shape index (κ3) is 2.03. The van der Waals surface area contributed by atoms with Crippen LogP contribution in [0.25, 0.3) is 10.1 Å². The summed E-state index contributed by atoms with van der Waals surface area (Å²) in [6.45, 7) is 2.09. The highest BCUT2D eigenvalue weighted by molar-refractivity contribution is 7.19. The highest BCUT2D eigenvalue weighted by Crippen LogP contribution is 2.31. The summed E-state index contributed by atoms with van der Waals surface area (Å²) in [5.41, 5.74) is 5.39. The van der Waals surface area contributed by atoms with E-state index in [0.29, 0.717) is 0 Å². The number of fused-ring (bicyclic) bond motifs is 1. The Morgan fingerprint density at radius 1 is 1.47 bits per heavy atom. The van der Waals surface area contributed by atoms with E-state index in [2.05, 4.69) is 18.2 Å². The molecule has 1 heterocycles. The first kappa shape index (κ1) is 10.6. The van der Waals surface area contributed by atoms with Gasteiger partial charge in [0.1, 0.15) is 0 Å². The molecular weight excluding hydrogens is 208 g/mol. The molecule has 0 saturated carbocycles. The third-order valence-corrected chi connectivity index (χ3v) is 3.78. The number of hydrogen-bond acceptors (Lipinski definition) is 4. The summed E-state index contributed by atoms with van der Waals surface area (Å²) < 4.78 is 1.24. The molecule has 4 heteroatoms. The lowest BCUT2D eigenvalue weighted by Crippen LogP contribution is -2.28. The van der Waals surface area contributed by atoms with Crippen LogP contribution in [0, 0.1) is 0 Å². The lowest BCUT2D eigenvalue weighted by atomic mass is 10.2. The Hall–Kier alpha value is -0.940. The lowest BCUT2D eigenvalue weighted by molar-refractivity contribution is -0.120. The highest BCUT2D eigenvalue weighted by Gasteiger charge is 2.14. The molecule has 1 aromatic carbocycles. The van der Waals surface area contributed by atoms with Gasteiger partial charge in [-0.25, -0.2) is 0 Å². The first-order valence-electron chi connectivity index (χ1n) is 4.86. The first-order valence-corrected chi connectivity index (χ1v) is 5.68. The Kier molecular flexibility index (Phi) is 3.02. The van der Waals surface area contributed by atoms with E-state index >= 15 is 0 Å². The topological polar surface area (TPSA) is 49.5 Å². The van der Waals surface area contributed by atoms with Gasteiger partial charge in [-0.3, -0.25) is 0 Å². The largest absolute Gasteiger partial charge is 0.316 e. The molecule has 0 spiro atoms. The molecule has 15 heavy (non-hydrogen) atoms. The number of nitrogens with two attached hydrogens (primary N) is 1. The average Bonchev–Trinajstić information content (AvgIpc) is 2.70. The Morgan fingerprint density at radius 3 is 2.87 bits per heavy atom. The van der Waals surface area contributed by atoms with Gasteiger partial charge in [-0.05, 0) is 24.4 Å². The average molecular weight is 222 g/mol. The molecule has 0 aliphatic heterocycles. The number of nitrogens with zero attached hydrogens (tertiary/aromatic N) is 1. The van der Waals surface area contributed by atoms with Gasteiger partial charge in [0.25, 0.3) is 0 Å². The first-order chi connectivity index (χ1) is 7.22. The second-order valence-corrected chi connectivity index (χ2v) is 4.60. The minimum absolute atomic E-state index is 0.0487. The second kappa shape index (κ2) is 4.28. The van der Waals surface area contributed by atoms with Crippen molar-refractivity contribution in [2.24, 2.45) is 5.73 Å². The van der Waals surface area contributed by atoms with Crippen molar-refractivity contribution in [3.05, 3.63) is 35.2 Å². The molecule has 0 aliphatic rings. The van der Waals surface area contributed by atoms with E-state index in [-0.39, 0.29) is 12.7 Å². The van der Waals surface area contributed by atoms with Crippen LogP contribution in [-0.2, 0) is 0 Å². The number of thiophene rings is 1. The van der Waals surface area contributed by atoms with Crippen LogP contribution in [0.3, 0.4) is 0 Å². The van der Waals surface area contributed by atoms with Gasteiger partial charge in [0.2, 0.25) is 0 Å². The van der Waals surface area contributed by atoms with Crippen molar-refractivity contribution in [2.45, 2.75) is 13.0 Å². The molecule has 0 fully saturated rings. The Morgan fingerprint density at radius 2 is 2.20 bits per heavy atom. The number of rotatable bonds is 3. The zero-order chi connectivity index (χ0) is 10.8. The van der Waals surface area contributed by atoms with E-state index in [9.17, 15) is 5.21 Å². The number of benzene rings is 1. The van der Waals surface area contributed by atoms with Crippen molar-refractivity contribution in [3.8, 4) is 0 Å². The maximum Gasteiger partial charge on any atom is 0.0711 e. The van der Waals surface area contributed by atoms with Gasteiger partial charge in [-0.2, -0.15) is 5.06 Å². The molecule has 2 aromatic rings. The Bertz CT molecular complexity index is 422. The van der Waals surface area contributed by atoms with Crippen molar-refractivity contribution < 1.29 is 5.21 Å². The molecule has 2 rings (SSSR count). The molecule has 80 valence electrons. The summed E-state index contributed by atoms with van der Waals surface area (Å²) >= 11 is 1.69. The standard InChI is InChI=1S/C11H14N2OS/c1-8(13(14)7-12)11-6-9-4-2-3-5-10(9)15-11/h2-6,8,14H,7,12H2,1H3/t8-/m1/s1. The predicted molar refractivity (Wildman–Crippen MR) is 62.9 cm³/mol. The molecule has 3 N–H and O–H groups in total. The lowest BCUT2D eigenvalue weighted by Gasteiger charge is -2.18. The molecule has 3 nitrogen and oxygen atoms in total. The monoisotopic (exact) mass is 222 g/mol. The fourth-order valence-electron chi connectivity index (χ4n) is 1.51. The van der Waals surface area contributed by atoms with E-state index < -0.39 is 0 Å². The number of hydrogen-bond donors (Lipinski definition) is 2. The van der Waals surface area contributed by atoms with Crippen LogP contribution in [0.15, 0.2) is 30.3 Å². The van der Waals surface area contributed by atoms with Gasteiger partial charge < -0.3 is 10.9 Å². The quantitative estimate of drug-likeness (QED) is 0.620. The maximum absolute atomic E-state index is 9.52. The van der Waals surface area contributed by atoms with Crippen LogP contribution in [-0.4, -0.2) is 16.9 Å². The van der Waals surface area contributed by atoms with Crippen LogP contribution in [0.4, 0.5) is 0 Å². The smallest absolute Gasteiger partial charge is 0.0711 e. The van der Waals surface area contributed by atoms with Crippen LogP contribution >= 0.6 is 11.3 Å². The molecule has 0 saturated heterocycles. The van der Waals surface area contributed by atoms with Gasteiger partial charge in [-0.1, -0.05) is 18.2 Å². The number of hydroxylamine groups is 2. The van der Waals surface area contributed by atoms with Gasteiger partial charge >= 0.3 is 0 Å². The molecule has 1 aromatic heterocycles. The minimum Gasteiger partial charge on any atom is -0.316 e. The SMILES string of the molecule is C[C@H](c1cc2ccccc2s1)N(O)CN. The van der Waals surface area contributed by atoms with Crippen LogP contribution < -0.4 is 5.73 Å². The summed E-state index contributed by atoms with van der Waals surface area (Å²) in [5, 5.41) is 11.9. The van der Waals surface area contributed by atoms with Crippen molar-refractivity contribution in [2.75, 3.05) is 6.67 Å². The highest BCUT2D eigenvalue weighted by atomic mass is 32.1. The summed E-state index contributed by atoms with van der Waals surface area (Å²) in [4.78, 5) is 1.13. The van der Waals surface area contributed by atoms with Crippen molar-refractivity contribution in [1.82, 2.24) is 5.06 Å². The second-order valence-electron chi connectivity index (χ2n) is 3.48. The fraction of sp³-hybridized carbons (Fsp3) is 0.273. The van der Waals surface area contributed by atoms with Gasteiger partial charge in [0.15, 0.2) is 0 Å². The maximum atomic E-state index is 9.52. The summed E-state index contributed by atoms with van der Waals surface area (Å²) in [6, 6.07) is 10.2. The van der Waals surface area contributed by atoms with Crippen molar-refractivity contribution in [3.63, 3.8) is 0 Å². The van der Waals surface area contributed by atoms with Gasteiger partial charge in [-0.15, -0.1) is 11.3 Å². The Labute approximate surface area is 92.7 Å². The predicted octanol–water partition coefficient (Wildman–Crippen LogP) is 2.57. The van der Waals surface area contributed by atoms with Crippen LogP contribution in [0.5, 0.6) is 0 Å². The minimum atomic E-state index is -0.0487. The van der Waals surface area contributed by atoms with Gasteiger partial charge in [0.05, 0.1) is 12.7 Å². The molecule has 0 aliphatic carbocycles. The Balaban J connectivity index is 2.36. The third-order valence-electron chi connectivity index (χ3n) is 2.49. The molecule has 0 amide bonds. The van der Waals surface area contributed by atoms with Crippen LogP contribution in [0.2, 0.25) is 0 Å². The molecular formula is C11H14N2OS. The van der Waals surface area contributed by atoms with Crippen molar-refractivity contribution in [1.29, 1.82) is 0 Å². The summed E-state index contributed by atoms with van der Waals surface area (Å²) in [7, 11) is 0. The van der Waals surface area contributed by atoms with E-state index in [1.165, 1.54) is 10.1 Å².